The molecule has 11 heavy (non-hydrogen) atoms. The summed E-state index contributed by atoms with van der Waals surface area (Å²) >= 11 is 0. The molecule has 0 radical (unpaired) electrons. The molecule has 3 heteroatoms. The van der Waals surface area contributed by atoms with Crippen LogP contribution in [0, 0.1) is 0 Å². The SMILES string of the molecule is CCC(O)CCOCCOC. The summed E-state index contributed by atoms with van der Waals surface area (Å²) in [7, 11) is 1.64. The molecule has 0 amide bonds. The van der Waals surface area contributed by atoms with Gasteiger partial charge in [0.2, 0.25) is 0 Å². The van der Waals surface area contributed by atoms with Crippen molar-refractivity contribution in [3.63, 3.8) is 0 Å². The summed E-state index contributed by atoms with van der Waals surface area (Å²) in [6.07, 6.45) is 1.31. The maximum Gasteiger partial charge on any atom is 0.0700 e. The third kappa shape index (κ3) is 7.78. The van der Waals surface area contributed by atoms with Crippen LogP contribution in [0.25, 0.3) is 0 Å². The fourth-order valence-electron chi connectivity index (χ4n) is 0.668. The van der Waals surface area contributed by atoms with E-state index >= 15 is 0 Å². The van der Waals surface area contributed by atoms with E-state index in [9.17, 15) is 0 Å². The molecule has 0 aliphatic carbocycles. The smallest absolute Gasteiger partial charge is 0.0700 e. The van der Waals surface area contributed by atoms with Crippen LogP contribution >= 0.6 is 0 Å². The van der Waals surface area contributed by atoms with Gasteiger partial charge in [-0.25, -0.2) is 0 Å². The first-order valence-corrected chi connectivity index (χ1v) is 4.06. The van der Waals surface area contributed by atoms with Gasteiger partial charge in [0.25, 0.3) is 0 Å². The summed E-state index contributed by atoms with van der Waals surface area (Å²) in [5, 5.41) is 9.10. The first-order valence-electron chi connectivity index (χ1n) is 4.06. The van der Waals surface area contributed by atoms with Crippen LogP contribution in [0.2, 0.25) is 0 Å². The van der Waals surface area contributed by atoms with E-state index in [1.54, 1.807) is 7.11 Å². The third-order valence-corrected chi connectivity index (χ3v) is 1.50. The Morgan fingerprint density at radius 1 is 1.27 bits per heavy atom. The number of hydrogen-bond acceptors (Lipinski definition) is 3. The molecule has 1 N–H and O–H groups in total. The number of rotatable bonds is 7. The largest absolute Gasteiger partial charge is 0.393 e. The molecule has 0 saturated carbocycles. The Morgan fingerprint density at radius 2 is 2.00 bits per heavy atom. The zero-order valence-corrected chi connectivity index (χ0v) is 7.38. The van der Waals surface area contributed by atoms with Gasteiger partial charge in [-0.2, -0.15) is 0 Å². The van der Waals surface area contributed by atoms with Gasteiger partial charge >= 0.3 is 0 Å². The predicted octanol–water partition coefficient (Wildman–Crippen LogP) is 0.810. The lowest BCUT2D eigenvalue weighted by atomic mass is 10.2. The highest BCUT2D eigenvalue weighted by molar-refractivity contribution is 4.49. The summed E-state index contributed by atoms with van der Waals surface area (Å²) in [6.45, 7) is 3.83. The van der Waals surface area contributed by atoms with Crippen LogP contribution in [0.5, 0.6) is 0 Å². The third-order valence-electron chi connectivity index (χ3n) is 1.50. The lowest BCUT2D eigenvalue weighted by Crippen LogP contribution is -2.10. The summed E-state index contributed by atoms with van der Waals surface area (Å²) in [4.78, 5) is 0. The molecular formula is C8H18O3. The maximum absolute atomic E-state index is 9.10. The quantitative estimate of drug-likeness (QED) is 0.563. The normalized spacial score (nSPS) is 13.4. The van der Waals surface area contributed by atoms with Gasteiger partial charge in [-0.15, -0.1) is 0 Å². The zero-order valence-electron chi connectivity index (χ0n) is 7.38. The van der Waals surface area contributed by atoms with Crippen molar-refractivity contribution in [2.24, 2.45) is 0 Å². The first-order chi connectivity index (χ1) is 5.31. The Labute approximate surface area is 68.3 Å². The molecule has 0 aromatic rings. The second-order valence-corrected chi connectivity index (χ2v) is 2.46. The van der Waals surface area contributed by atoms with Gasteiger partial charge in [-0.1, -0.05) is 6.92 Å². The van der Waals surface area contributed by atoms with E-state index in [2.05, 4.69) is 0 Å². The van der Waals surface area contributed by atoms with Crippen molar-refractivity contribution >= 4 is 0 Å². The van der Waals surface area contributed by atoms with Crippen LogP contribution in [0.15, 0.2) is 0 Å². The lowest BCUT2D eigenvalue weighted by Gasteiger charge is -2.07. The number of ether oxygens (including phenoxy) is 2. The minimum Gasteiger partial charge on any atom is -0.393 e. The molecular weight excluding hydrogens is 144 g/mol. The summed E-state index contributed by atoms with van der Waals surface area (Å²) in [5.41, 5.74) is 0. The van der Waals surface area contributed by atoms with Crippen molar-refractivity contribution in [3.8, 4) is 0 Å². The van der Waals surface area contributed by atoms with Crippen LogP contribution in [0.4, 0.5) is 0 Å². The number of aliphatic hydroxyl groups is 1. The monoisotopic (exact) mass is 162 g/mol. The van der Waals surface area contributed by atoms with Crippen LogP contribution in [-0.2, 0) is 9.47 Å². The molecule has 0 spiro atoms. The van der Waals surface area contributed by atoms with E-state index in [4.69, 9.17) is 14.6 Å². The van der Waals surface area contributed by atoms with E-state index in [-0.39, 0.29) is 6.10 Å². The fraction of sp³-hybridized carbons (Fsp3) is 1.00. The summed E-state index contributed by atoms with van der Waals surface area (Å²) in [5.74, 6) is 0. The molecule has 0 rings (SSSR count). The van der Waals surface area contributed by atoms with Crippen molar-refractivity contribution < 1.29 is 14.6 Å². The highest BCUT2D eigenvalue weighted by atomic mass is 16.5. The standard InChI is InChI=1S/C8H18O3/c1-3-8(9)4-5-11-7-6-10-2/h8-9H,3-7H2,1-2H3. The molecule has 0 fully saturated rings. The average Bonchev–Trinajstić information content (AvgIpc) is 2.04. The summed E-state index contributed by atoms with van der Waals surface area (Å²) < 4.78 is 9.95. The van der Waals surface area contributed by atoms with Crippen LogP contribution in [0.3, 0.4) is 0 Å². The molecule has 0 saturated heterocycles. The molecule has 0 bridgehead atoms. The Balaban J connectivity index is 2.89. The fourth-order valence-corrected chi connectivity index (χ4v) is 0.668. The summed E-state index contributed by atoms with van der Waals surface area (Å²) in [6, 6.07) is 0. The van der Waals surface area contributed by atoms with Gasteiger partial charge in [0.05, 0.1) is 19.3 Å². The second kappa shape index (κ2) is 7.98. The predicted molar refractivity (Wildman–Crippen MR) is 43.6 cm³/mol. The van der Waals surface area contributed by atoms with Crippen LogP contribution < -0.4 is 0 Å². The van der Waals surface area contributed by atoms with Crippen LogP contribution in [-0.4, -0.2) is 38.1 Å². The average molecular weight is 162 g/mol. The van der Waals surface area contributed by atoms with E-state index < -0.39 is 0 Å². The molecule has 1 unspecified atom stereocenters. The highest BCUT2D eigenvalue weighted by Crippen LogP contribution is 1.96. The number of methoxy groups -OCH3 is 1. The molecule has 0 heterocycles. The van der Waals surface area contributed by atoms with Crippen molar-refractivity contribution in [3.05, 3.63) is 0 Å². The Bertz CT molecular complexity index is 75.7. The minimum absolute atomic E-state index is 0.211. The van der Waals surface area contributed by atoms with E-state index in [1.807, 2.05) is 6.92 Å². The maximum atomic E-state index is 9.10. The Kier molecular flexibility index (Phi) is 7.89. The van der Waals surface area contributed by atoms with Gasteiger partial charge in [-0.05, 0) is 12.8 Å². The van der Waals surface area contributed by atoms with E-state index in [0.29, 0.717) is 19.8 Å². The molecule has 0 aliphatic heterocycles. The van der Waals surface area contributed by atoms with Gasteiger partial charge in [-0.3, -0.25) is 0 Å². The Morgan fingerprint density at radius 3 is 2.55 bits per heavy atom. The van der Waals surface area contributed by atoms with E-state index in [1.165, 1.54) is 0 Å². The van der Waals surface area contributed by atoms with Crippen molar-refractivity contribution in [2.45, 2.75) is 25.9 Å². The molecule has 68 valence electrons. The first kappa shape index (κ1) is 10.9. The molecule has 0 aromatic carbocycles. The Hall–Kier alpha value is -0.120. The van der Waals surface area contributed by atoms with Crippen LogP contribution in [0.1, 0.15) is 19.8 Å². The topological polar surface area (TPSA) is 38.7 Å². The van der Waals surface area contributed by atoms with Crippen molar-refractivity contribution in [2.75, 3.05) is 26.9 Å². The lowest BCUT2D eigenvalue weighted by molar-refractivity contribution is 0.0470. The molecule has 1 atom stereocenters. The zero-order chi connectivity index (χ0) is 8.53. The number of hydrogen-bond donors (Lipinski definition) is 1. The van der Waals surface area contributed by atoms with Crippen molar-refractivity contribution in [1.29, 1.82) is 0 Å². The van der Waals surface area contributed by atoms with Gasteiger partial charge < -0.3 is 14.6 Å². The second-order valence-electron chi connectivity index (χ2n) is 2.46. The molecule has 0 aliphatic rings. The van der Waals surface area contributed by atoms with Gasteiger partial charge in [0.1, 0.15) is 0 Å². The van der Waals surface area contributed by atoms with Crippen molar-refractivity contribution in [1.82, 2.24) is 0 Å². The molecule has 3 nitrogen and oxygen atoms in total. The highest BCUT2D eigenvalue weighted by Gasteiger charge is 1.98. The van der Waals surface area contributed by atoms with Gasteiger partial charge in [0.15, 0.2) is 0 Å². The number of aliphatic hydroxyl groups excluding tert-OH is 1. The molecule has 0 aromatic heterocycles. The van der Waals surface area contributed by atoms with E-state index in [0.717, 1.165) is 12.8 Å². The van der Waals surface area contributed by atoms with Gasteiger partial charge in [0, 0.05) is 13.7 Å². The minimum atomic E-state index is -0.211.